The van der Waals surface area contributed by atoms with Gasteiger partial charge in [0.1, 0.15) is 0 Å². The summed E-state index contributed by atoms with van der Waals surface area (Å²) in [5.41, 5.74) is 0.771. The van der Waals surface area contributed by atoms with E-state index in [1.807, 2.05) is 0 Å². The molecule has 1 heterocycles. The molecule has 7 heteroatoms. The van der Waals surface area contributed by atoms with Crippen LogP contribution in [0, 0.1) is 0 Å². The van der Waals surface area contributed by atoms with Gasteiger partial charge in [0, 0.05) is 13.2 Å². The van der Waals surface area contributed by atoms with Gasteiger partial charge >= 0.3 is 11.9 Å². The molecule has 0 aliphatic carbocycles. The molecule has 17 heavy (non-hydrogen) atoms. The number of aromatic nitrogens is 2. The first kappa shape index (κ1) is 13.2. The normalized spacial score (nSPS) is 12.6. The molecule has 0 fully saturated rings. The van der Waals surface area contributed by atoms with E-state index >= 15 is 0 Å². The van der Waals surface area contributed by atoms with Crippen molar-refractivity contribution in [3.05, 3.63) is 18.0 Å². The topological polar surface area (TPSA) is 95.7 Å². The van der Waals surface area contributed by atoms with Gasteiger partial charge in [-0.05, 0) is 13.0 Å². The second kappa shape index (κ2) is 5.44. The van der Waals surface area contributed by atoms with E-state index < -0.39 is 11.9 Å². The zero-order chi connectivity index (χ0) is 13.0. The van der Waals surface area contributed by atoms with Gasteiger partial charge in [-0.1, -0.05) is 0 Å². The van der Waals surface area contributed by atoms with Gasteiger partial charge < -0.3 is 10.2 Å². The van der Waals surface area contributed by atoms with Crippen molar-refractivity contribution in [2.45, 2.75) is 13.0 Å². The molecule has 7 nitrogen and oxygen atoms in total. The van der Waals surface area contributed by atoms with Crippen LogP contribution in [0.25, 0.3) is 0 Å². The van der Waals surface area contributed by atoms with Crippen LogP contribution in [0.4, 0.5) is 0 Å². The molecule has 0 aliphatic heterocycles. The van der Waals surface area contributed by atoms with E-state index in [1.54, 1.807) is 30.9 Å². The zero-order valence-electron chi connectivity index (χ0n) is 9.70. The lowest BCUT2D eigenvalue weighted by Crippen LogP contribution is -2.37. The summed E-state index contributed by atoms with van der Waals surface area (Å²) in [5.74, 6) is -2.11. The second-order valence-electron chi connectivity index (χ2n) is 3.75. The lowest BCUT2D eigenvalue weighted by Gasteiger charge is -2.25. The van der Waals surface area contributed by atoms with Gasteiger partial charge in [-0.3, -0.25) is 19.2 Å². The molecule has 1 unspecified atom stereocenters. The summed E-state index contributed by atoms with van der Waals surface area (Å²) >= 11 is 0. The first-order valence-corrected chi connectivity index (χ1v) is 5.07. The van der Waals surface area contributed by atoms with Crippen molar-refractivity contribution >= 4 is 11.9 Å². The number of rotatable bonds is 6. The highest BCUT2D eigenvalue weighted by Crippen LogP contribution is 2.18. The number of aryl methyl sites for hydroxylation is 1. The molecule has 0 saturated carbocycles. The molecule has 1 aromatic rings. The maximum Gasteiger partial charge on any atom is 0.317 e. The van der Waals surface area contributed by atoms with Crippen molar-refractivity contribution in [1.82, 2.24) is 14.7 Å². The summed E-state index contributed by atoms with van der Waals surface area (Å²) in [6.07, 6.45) is 1.59. The van der Waals surface area contributed by atoms with Crippen LogP contribution in [-0.4, -0.2) is 49.9 Å². The number of carboxylic acid groups (broad SMARTS) is 2. The fraction of sp³-hybridized carbons (Fsp3) is 0.500. The number of hydrogen-bond donors (Lipinski definition) is 2. The van der Waals surface area contributed by atoms with E-state index in [9.17, 15) is 9.59 Å². The largest absolute Gasteiger partial charge is 0.480 e. The minimum absolute atomic E-state index is 0.321. The SMILES string of the molecule is CC(c1ccnn1C)N(CC(=O)O)CC(=O)O. The third kappa shape index (κ3) is 3.56. The Morgan fingerprint density at radius 2 is 1.94 bits per heavy atom. The maximum absolute atomic E-state index is 10.7. The van der Waals surface area contributed by atoms with E-state index in [1.165, 1.54) is 4.90 Å². The van der Waals surface area contributed by atoms with E-state index in [4.69, 9.17) is 10.2 Å². The van der Waals surface area contributed by atoms with Crippen LogP contribution in [0.15, 0.2) is 12.3 Å². The second-order valence-corrected chi connectivity index (χ2v) is 3.75. The van der Waals surface area contributed by atoms with Crippen molar-refractivity contribution in [3.63, 3.8) is 0 Å². The molecular weight excluding hydrogens is 226 g/mol. The molecule has 0 bridgehead atoms. The van der Waals surface area contributed by atoms with Crippen LogP contribution in [0.2, 0.25) is 0 Å². The van der Waals surface area contributed by atoms with Gasteiger partial charge in [-0.25, -0.2) is 0 Å². The van der Waals surface area contributed by atoms with Gasteiger partial charge in [0.15, 0.2) is 0 Å². The van der Waals surface area contributed by atoms with Gasteiger partial charge in [0.25, 0.3) is 0 Å². The van der Waals surface area contributed by atoms with Crippen molar-refractivity contribution in [2.24, 2.45) is 7.05 Å². The van der Waals surface area contributed by atoms with Gasteiger partial charge in [0.2, 0.25) is 0 Å². The average molecular weight is 241 g/mol. The molecular formula is C10H15N3O4. The summed E-state index contributed by atoms with van der Waals surface area (Å²) in [6.45, 7) is 1.11. The third-order valence-electron chi connectivity index (χ3n) is 2.51. The maximum atomic E-state index is 10.7. The minimum Gasteiger partial charge on any atom is -0.480 e. The summed E-state index contributed by atoms with van der Waals surface area (Å²) < 4.78 is 1.60. The Kier molecular flexibility index (Phi) is 4.22. The van der Waals surface area contributed by atoms with Crippen LogP contribution >= 0.6 is 0 Å². The van der Waals surface area contributed by atoms with E-state index in [0.29, 0.717) is 0 Å². The van der Waals surface area contributed by atoms with Gasteiger partial charge in [-0.2, -0.15) is 5.10 Å². The minimum atomic E-state index is -1.06. The number of carbonyl (C=O) groups is 2. The monoisotopic (exact) mass is 241 g/mol. The summed E-state index contributed by atoms with van der Waals surface area (Å²) in [7, 11) is 1.73. The predicted molar refractivity (Wildman–Crippen MR) is 58.5 cm³/mol. The molecule has 0 radical (unpaired) electrons. The third-order valence-corrected chi connectivity index (χ3v) is 2.51. The predicted octanol–water partition coefficient (Wildman–Crippen LogP) is -0.0477. The Balaban J connectivity index is 2.85. The molecule has 0 spiro atoms. The van der Waals surface area contributed by atoms with Crippen LogP contribution in [-0.2, 0) is 16.6 Å². The summed E-state index contributed by atoms with van der Waals surface area (Å²) in [4.78, 5) is 22.7. The van der Waals surface area contributed by atoms with E-state index in [0.717, 1.165) is 5.69 Å². The standard InChI is InChI=1S/C10H15N3O4/c1-7(8-3-4-11-12(8)2)13(5-9(14)15)6-10(16)17/h3-4,7H,5-6H2,1-2H3,(H,14,15)(H,16,17). The summed E-state index contributed by atoms with van der Waals surface area (Å²) in [6, 6.07) is 1.41. The lowest BCUT2D eigenvalue weighted by atomic mass is 10.2. The highest BCUT2D eigenvalue weighted by molar-refractivity contribution is 5.72. The van der Waals surface area contributed by atoms with Crippen molar-refractivity contribution in [1.29, 1.82) is 0 Å². The fourth-order valence-corrected chi connectivity index (χ4v) is 1.66. The average Bonchev–Trinajstić information content (AvgIpc) is 2.61. The lowest BCUT2D eigenvalue weighted by molar-refractivity contribution is -0.142. The molecule has 94 valence electrons. The first-order chi connectivity index (χ1) is 7.91. The Hall–Kier alpha value is -1.89. The molecule has 0 aliphatic rings. The Bertz CT molecular complexity index is 399. The van der Waals surface area contributed by atoms with E-state index in [2.05, 4.69) is 5.10 Å². The molecule has 1 rings (SSSR count). The molecule has 0 aromatic carbocycles. The molecule has 1 aromatic heterocycles. The molecule has 1 atom stereocenters. The highest BCUT2D eigenvalue weighted by atomic mass is 16.4. The number of nitrogens with zero attached hydrogens (tertiary/aromatic N) is 3. The van der Waals surface area contributed by atoms with Gasteiger partial charge in [-0.15, -0.1) is 0 Å². The Labute approximate surface area is 98.3 Å². The van der Waals surface area contributed by atoms with Crippen molar-refractivity contribution < 1.29 is 19.8 Å². The zero-order valence-corrected chi connectivity index (χ0v) is 9.70. The fourth-order valence-electron chi connectivity index (χ4n) is 1.66. The first-order valence-electron chi connectivity index (χ1n) is 5.07. The Morgan fingerprint density at radius 1 is 1.41 bits per heavy atom. The van der Waals surface area contributed by atoms with Crippen LogP contribution < -0.4 is 0 Å². The van der Waals surface area contributed by atoms with Crippen LogP contribution in [0.5, 0.6) is 0 Å². The number of carboxylic acids is 2. The number of aliphatic carboxylic acids is 2. The van der Waals surface area contributed by atoms with Gasteiger partial charge in [0.05, 0.1) is 24.8 Å². The molecule has 0 amide bonds. The van der Waals surface area contributed by atoms with Crippen LogP contribution in [0.3, 0.4) is 0 Å². The van der Waals surface area contributed by atoms with E-state index in [-0.39, 0.29) is 19.1 Å². The molecule has 2 N–H and O–H groups in total. The summed E-state index contributed by atoms with van der Waals surface area (Å²) in [5, 5.41) is 21.5. The van der Waals surface area contributed by atoms with Crippen LogP contribution in [0.1, 0.15) is 18.7 Å². The van der Waals surface area contributed by atoms with Crippen molar-refractivity contribution in [2.75, 3.05) is 13.1 Å². The highest BCUT2D eigenvalue weighted by Gasteiger charge is 2.22. The smallest absolute Gasteiger partial charge is 0.317 e. The number of hydrogen-bond acceptors (Lipinski definition) is 4. The molecule has 0 saturated heterocycles. The quantitative estimate of drug-likeness (QED) is 0.725. The van der Waals surface area contributed by atoms with Crippen molar-refractivity contribution in [3.8, 4) is 0 Å². The Morgan fingerprint density at radius 3 is 2.29 bits per heavy atom.